The van der Waals surface area contributed by atoms with Crippen LogP contribution >= 0.6 is 24.0 Å². The van der Waals surface area contributed by atoms with Crippen molar-refractivity contribution in [1.29, 1.82) is 0 Å². The van der Waals surface area contributed by atoms with Crippen molar-refractivity contribution in [3.63, 3.8) is 0 Å². The second kappa shape index (κ2) is 13.1. The number of nitrogens with one attached hydrogen (secondary N) is 3. The lowest BCUT2D eigenvalue weighted by molar-refractivity contribution is -0.119. The highest BCUT2D eigenvalue weighted by Crippen LogP contribution is 2.13. The molecule has 6 nitrogen and oxygen atoms in total. The van der Waals surface area contributed by atoms with Gasteiger partial charge in [-0.1, -0.05) is 30.3 Å². The molecule has 0 heterocycles. The van der Waals surface area contributed by atoms with Gasteiger partial charge >= 0.3 is 0 Å². The number of hydrogen-bond acceptors (Lipinski definition) is 3. The van der Waals surface area contributed by atoms with Gasteiger partial charge in [0.1, 0.15) is 6.54 Å². The molecule has 1 atom stereocenters. The van der Waals surface area contributed by atoms with Crippen molar-refractivity contribution in [2.45, 2.75) is 19.8 Å². The molecule has 1 unspecified atom stereocenters. The van der Waals surface area contributed by atoms with E-state index in [1.165, 1.54) is 0 Å². The molecule has 1 rings (SSSR count). The Morgan fingerprint density at radius 2 is 1.78 bits per heavy atom. The standard InChI is InChI=1S/C16H26N4O2.HI/c1-3-17-15(22)11-20-16(18-4-2)19-10-14(12-21)13-8-6-5-7-9-13;/h5-9,14,21H,3-4,10-12H2,1-2H3,(H,17,22)(H2,18,19,20);1H. The Kier molecular flexibility index (Phi) is 12.4. The van der Waals surface area contributed by atoms with Gasteiger partial charge in [-0.3, -0.25) is 4.79 Å². The fourth-order valence-electron chi connectivity index (χ4n) is 1.98. The van der Waals surface area contributed by atoms with Gasteiger partial charge in [-0.2, -0.15) is 0 Å². The van der Waals surface area contributed by atoms with E-state index in [0.29, 0.717) is 25.6 Å². The first kappa shape index (κ1) is 21.6. The smallest absolute Gasteiger partial charge is 0.241 e. The number of rotatable bonds is 8. The molecule has 130 valence electrons. The molecule has 0 bridgehead atoms. The highest BCUT2D eigenvalue weighted by atomic mass is 127. The minimum Gasteiger partial charge on any atom is -0.396 e. The number of likely N-dealkylation sites (N-methyl/N-ethyl adjacent to an activating group) is 1. The summed E-state index contributed by atoms with van der Waals surface area (Å²) in [5.74, 6) is 0.444. The van der Waals surface area contributed by atoms with Crippen LogP contribution in [0.5, 0.6) is 0 Å². The molecule has 4 N–H and O–H groups in total. The van der Waals surface area contributed by atoms with E-state index in [1.54, 1.807) is 0 Å². The van der Waals surface area contributed by atoms with Crippen LogP contribution in [0.4, 0.5) is 0 Å². The minimum absolute atomic E-state index is 0. The maximum Gasteiger partial charge on any atom is 0.241 e. The molecule has 1 aromatic rings. The lowest BCUT2D eigenvalue weighted by Crippen LogP contribution is -2.40. The van der Waals surface area contributed by atoms with E-state index in [9.17, 15) is 9.90 Å². The Morgan fingerprint density at radius 3 is 2.35 bits per heavy atom. The molecule has 0 fully saturated rings. The molecule has 7 heteroatoms. The number of carbonyl (C=O) groups is 1. The number of aliphatic hydroxyl groups excluding tert-OH is 1. The average molecular weight is 434 g/mol. The Labute approximate surface area is 155 Å². The molecule has 1 amide bonds. The largest absolute Gasteiger partial charge is 0.396 e. The second-order valence-electron chi connectivity index (χ2n) is 4.82. The predicted molar refractivity (Wildman–Crippen MR) is 104 cm³/mol. The number of amides is 1. The van der Waals surface area contributed by atoms with E-state index in [0.717, 1.165) is 5.56 Å². The zero-order chi connectivity index (χ0) is 16.2. The van der Waals surface area contributed by atoms with Crippen LogP contribution in [0.1, 0.15) is 25.3 Å². The number of carbonyl (C=O) groups excluding carboxylic acids is 1. The summed E-state index contributed by atoms with van der Waals surface area (Å²) in [5.41, 5.74) is 1.07. The summed E-state index contributed by atoms with van der Waals surface area (Å²) in [5, 5.41) is 18.5. The van der Waals surface area contributed by atoms with E-state index in [-0.39, 0.29) is 49.0 Å². The molecule has 0 aliphatic carbocycles. The molecule has 0 aliphatic rings. The number of aliphatic hydroxyl groups is 1. The Balaban J connectivity index is 0.00000484. The van der Waals surface area contributed by atoms with E-state index in [4.69, 9.17) is 0 Å². The number of aliphatic imine (C=N–C) groups is 1. The number of benzene rings is 1. The van der Waals surface area contributed by atoms with Gasteiger partial charge in [-0.05, 0) is 19.4 Å². The summed E-state index contributed by atoms with van der Waals surface area (Å²) in [6.07, 6.45) is 0. The fraction of sp³-hybridized carbons (Fsp3) is 0.500. The lowest BCUT2D eigenvalue weighted by atomic mass is 10.0. The fourth-order valence-corrected chi connectivity index (χ4v) is 1.98. The zero-order valence-electron chi connectivity index (χ0n) is 13.7. The Bertz CT molecular complexity index is 468. The molecule has 0 aliphatic heterocycles. The van der Waals surface area contributed by atoms with E-state index >= 15 is 0 Å². The van der Waals surface area contributed by atoms with Crippen LogP contribution in [0.25, 0.3) is 0 Å². The van der Waals surface area contributed by atoms with E-state index < -0.39 is 0 Å². The average Bonchev–Trinajstić information content (AvgIpc) is 2.54. The second-order valence-corrected chi connectivity index (χ2v) is 4.82. The first-order valence-electron chi connectivity index (χ1n) is 7.65. The van der Waals surface area contributed by atoms with Gasteiger partial charge in [0.2, 0.25) is 5.91 Å². The Hall–Kier alpha value is -1.35. The monoisotopic (exact) mass is 434 g/mol. The number of nitrogens with zero attached hydrogens (tertiary/aromatic N) is 1. The number of guanidine groups is 1. The first-order valence-corrected chi connectivity index (χ1v) is 7.65. The summed E-state index contributed by atoms with van der Waals surface area (Å²) in [6.45, 7) is 5.81. The van der Waals surface area contributed by atoms with Crippen molar-refractivity contribution in [2.24, 2.45) is 4.99 Å². The highest BCUT2D eigenvalue weighted by molar-refractivity contribution is 14.0. The first-order chi connectivity index (χ1) is 10.7. The third kappa shape index (κ3) is 8.75. The van der Waals surface area contributed by atoms with Crippen LogP contribution in [-0.2, 0) is 4.79 Å². The van der Waals surface area contributed by atoms with Gasteiger partial charge in [0.05, 0.1) is 6.61 Å². The van der Waals surface area contributed by atoms with Crippen LogP contribution < -0.4 is 16.0 Å². The van der Waals surface area contributed by atoms with Gasteiger partial charge < -0.3 is 21.1 Å². The van der Waals surface area contributed by atoms with Crippen molar-refractivity contribution < 1.29 is 9.90 Å². The highest BCUT2D eigenvalue weighted by Gasteiger charge is 2.11. The molecule has 0 saturated carbocycles. The van der Waals surface area contributed by atoms with Crippen LogP contribution in [-0.4, -0.2) is 49.8 Å². The van der Waals surface area contributed by atoms with Crippen molar-refractivity contribution >= 4 is 35.8 Å². The molecule has 1 aromatic carbocycles. The molecule has 0 aromatic heterocycles. The summed E-state index contributed by atoms with van der Waals surface area (Å²) >= 11 is 0. The van der Waals surface area contributed by atoms with E-state index in [2.05, 4.69) is 20.9 Å². The Morgan fingerprint density at radius 1 is 1.13 bits per heavy atom. The topological polar surface area (TPSA) is 85.8 Å². The number of halogens is 1. The van der Waals surface area contributed by atoms with Gasteiger partial charge in [0.25, 0.3) is 0 Å². The SMILES string of the molecule is CCNC(=O)CN=C(NCC)NCC(CO)c1ccccc1.I. The molecule has 0 saturated heterocycles. The van der Waals surface area contributed by atoms with Crippen molar-refractivity contribution in [2.75, 3.05) is 32.8 Å². The van der Waals surface area contributed by atoms with Crippen LogP contribution in [0.2, 0.25) is 0 Å². The van der Waals surface area contributed by atoms with Crippen molar-refractivity contribution in [3.05, 3.63) is 35.9 Å². The summed E-state index contributed by atoms with van der Waals surface area (Å²) < 4.78 is 0. The van der Waals surface area contributed by atoms with Gasteiger partial charge in [0.15, 0.2) is 5.96 Å². The van der Waals surface area contributed by atoms with Gasteiger partial charge in [0, 0.05) is 25.6 Å². The van der Waals surface area contributed by atoms with Gasteiger partial charge in [-0.25, -0.2) is 4.99 Å². The maximum atomic E-state index is 11.5. The molecule has 0 radical (unpaired) electrons. The van der Waals surface area contributed by atoms with Gasteiger partial charge in [-0.15, -0.1) is 24.0 Å². The van der Waals surface area contributed by atoms with Crippen LogP contribution in [0.3, 0.4) is 0 Å². The van der Waals surface area contributed by atoms with E-state index in [1.807, 2.05) is 44.2 Å². The third-order valence-electron chi connectivity index (χ3n) is 3.11. The lowest BCUT2D eigenvalue weighted by Gasteiger charge is -2.18. The normalized spacial score (nSPS) is 12.0. The zero-order valence-corrected chi connectivity index (χ0v) is 16.0. The van der Waals surface area contributed by atoms with Crippen LogP contribution in [0.15, 0.2) is 35.3 Å². The summed E-state index contributed by atoms with van der Waals surface area (Å²) in [7, 11) is 0. The summed E-state index contributed by atoms with van der Waals surface area (Å²) in [6, 6.07) is 9.82. The predicted octanol–water partition coefficient (Wildman–Crippen LogP) is 1.07. The molecular formula is C16H27IN4O2. The molecular weight excluding hydrogens is 407 g/mol. The molecule has 23 heavy (non-hydrogen) atoms. The summed E-state index contributed by atoms with van der Waals surface area (Å²) in [4.78, 5) is 15.7. The maximum absolute atomic E-state index is 11.5. The minimum atomic E-state index is -0.110. The number of hydrogen-bond donors (Lipinski definition) is 4. The molecule has 0 spiro atoms. The van der Waals surface area contributed by atoms with Crippen LogP contribution in [0, 0.1) is 0 Å². The third-order valence-corrected chi connectivity index (χ3v) is 3.11. The quantitative estimate of drug-likeness (QED) is 0.280. The van der Waals surface area contributed by atoms with Crippen molar-refractivity contribution in [3.8, 4) is 0 Å². The van der Waals surface area contributed by atoms with Crippen molar-refractivity contribution in [1.82, 2.24) is 16.0 Å².